The Labute approximate surface area is 108 Å². The molecular formula is C14H23NOS. The Morgan fingerprint density at radius 2 is 2.12 bits per heavy atom. The molecule has 3 heteroatoms. The van der Waals surface area contributed by atoms with Gasteiger partial charge in [0.2, 0.25) is 0 Å². The van der Waals surface area contributed by atoms with E-state index in [-0.39, 0.29) is 6.10 Å². The fourth-order valence-electron chi connectivity index (χ4n) is 2.34. The average molecular weight is 253 g/mol. The van der Waals surface area contributed by atoms with Crippen molar-refractivity contribution >= 4 is 11.3 Å². The van der Waals surface area contributed by atoms with Gasteiger partial charge in [-0.25, -0.2) is 0 Å². The van der Waals surface area contributed by atoms with Crippen LogP contribution >= 0.6 is 11.3 Å². The SMILES string of the molecule is CC(O)CCNC(C)c1cc2c(s1)CCCC2. The summed E-state index contributed by atoms with van der Waals surface area (Å²) in [5, 5.41) is 12.7. The average Bonchev–Trinajstić information content (AvgIpc) is 2.71. The molecule has 17 heavy (non-hydrogen) atoms. The van der Waals surface area contributed by atoms with Gasteiger partial charge in [0.05, 0.1) is 6.10 Å². The minimum Gasteiger partial charge on any atom is -0.393 e. The summed E-state index contributed by atoms with van der Waals surface area (Å²) in [6, 6.07) is 2.81. The van der Waals surface area contributed by atoms with Crippen molar-refractivity contribution in [3.05, 3.63) is 21.4 Å². The smallest absolute Gasteiger partial charge is 0.0524 e. The molecule has 2 unspecified atom stereocenters. The van der Waals surface area contributed by atoms with Crippen molar-refractivity contribution < 1.29 is 5.11 Å². The molecular weight excluding hydrogens is 230 g/mol. The van der Waals surface area contributed by atoms with Crippen LogP contribution in [0.1, 0.15) is 54.5 Å². The molecule has 0 saturated heterocycles. The number of rotatable bonds is 5. The van der Waals surface area contributed by atoms with Gasteiger partial charge in [0.25, 0.3) is 0 Å². The molecule has 1 aliphatic rings. The fraction of sp³-hybridized carbons (Fsp3) is 0.714. The van der Waals surface area contributed by atoms with Crippen LogP contribution in [-0.2, 0) is 12.8 Å². The van der Waals surface area contributed by atoms with Gasteiger partial charge in [-0.2, -0.15) is 0 Å². The molecule has 0 amide bonds. The van der Waals surface area contributed by atoms with Crippen LogP contribution in [0, 0.1) is 0 Å². The largest absolute Gasteiger partial charge is 0.393 e. The van der Waals surface area contributed by atoms with E-state index in [0.29, 0.717) is 6.04 Å². The molecule has 1 aromatic rings. The normalized spacial score (nSPS) is 18.8. The first-order valence-corrected chi connectivity index (χ1v) is 7.51. The number of aryl methyl sites for hydroxylation is 2. The molecule has 0 spiro atoms. The zero-order valence-corrected chi connectivity index (χ0v) is 11.6. The summed E-state index contributed by atoms with van der Waals surface area (Å²) in [4.78, 5) is 3.07. The van der Waals surface area contributed by atoms with Gasteiger partial charge in [0.15, 0.2) is 0 Å². The van der Waals surface area contributed by atoms with E-state index in [1.54, 1.807) is 10.4 Å². The predicted octanol–water partition coefficient (Wildman–Crippen LogP) is 3.05. The first-order valence-electron chi connectivity index (χ1n) is 6.69. The van der Waals surface area contributed by atoms with E-state index in [9.17, 15) is 5.11 Å². The van der Waals surface area contributed by atoms with E-state index in [1.165, 1.54) is 30.6 Å². The van der Waals surface area contributed by atoms with Gasteiger partial charge in [0.1, 0.15) is 0 Å². The summed E-state index contributed by atoms with van der Waals surface area (Å²) >= 11 is 1.98. The molecule has 2 N–H and O–H groups in total. The minimum atomic E-state index is -0.203. The molecule has 2 atom stereocenters. The van der Waals surface area contributed by atoms with Crippen LogP contribution in [0.5, 0.6) is 0 Å². The lowest BCUT2D eigenvalue weighted by molar-refractivity contribution is 0.182. The minimum absolute atomic E-state index is 0.203. The predicted molar refractivity (Wildman–Crippen MR) is 73.7 cm³/mol. The molecule has 0 saturated carbocycles. The van der Waals surface area contributed by atoms with Gasteiger partial charge in [-0.05, 0) is 64.1 Å². The van der Waals surface area contributed by atoms with Gasteiger partial charge in [-0.3, -0.25) is 0 Å². The third-order valence-electron chi connectivity index (χ3n) is 3.46. The summed E-state index contributed by atoms with van der Waals surface area (Å²) in [5.41, 5.74) is 1.58. The van der Waals surface area contributed by atoms with Crippen molar-refractivity contribution in [2.45, 2.75) is 58.1 Å². The molecule has 1 aromatic heterocycles. The summed E-state index contributed by atoms with van der Waals surface area (Å²) in [7, 11) is 0. The number of aliphatic hydroxyl groups is 1. The number of hydrogen-bond donors (Lipinski definition) is 2. The van der Waals surface area contributed by atoms with E-state index in [1.807, 2.05) is 18.3 Å². The summed E-state index contributed by atoms with van der Waals surface area (Å²) in [5.74, 6) is 0. The molecule has 0 bridgehead atoms. The maximum atomic E-state index is 9.23. The van der Waals surface area contributed by atoms with Gasteiger partial charge >= 0.3 is 0 Å². The second kappa shape index (κ2) is 5.98. The molecule has 2 nitrogen and oxygen atoms in total. The van der Waals surface area contributed by atoms with Crippen LogP contribution in [0.4, 0.5) is 0 Å². The first-order chi connectivity index (χ1) is 8.16. The lowest BCUT2D eigenvalue weighted by Crippen LogP contribution is -2.21. The topological polar surface area (TPSA) is 32.3 Å². The Morgan fingerprint density at radius 3 is 2.82 bits per heavy atom. The highest BCUT2D eigenvalue weighted by atomic mass is 32.1. The monoisotopic (exact) mass is 253 g/mol. The highest BCUT2D eigenvalue weighted by Gasteiger charge is 2.16. The number of fused-ring (bicyclic) bond motifs is 1. The molecule has 2 rings (SSSR count). The first kappa shape index (κ1) is 13.1. The molecule has 0 aliphatic heterocycles. The van der Waals surface area contributed by atoms with Crippen LogP contribution in [0.3, 0.4) is 0 Å². The van der Waals surface area contributed by atoms with E-state index in [4.69, 9.17) is 0 Å². The highest BCUT2D eigenvalue weighted by molar-refractivity contribution is 7.12. The van der Waals surface area contributed by atoms with Crippen molar-refractivity contribution in [2.24, 2.45) is 0 Å². The van der Waals surface area contributed by atoms with Gasteiger partial charge in [-0.1, -0.05) is 0 Å². The zero-order valence-electron chi connectivity index (χ0n) is 10.8. The molecule has 0 radical (unpaired) electrons. The van der Waals surface area contributed by atoms with E-state index in [2.05, 4.69) is 18.3 Å². The number of thiophene rings is 1. The maximum Gasteiger partial charge on any atom is 0.0524 e. The number of nitrogens with one attached hydrogen (secondary N) is 1. The summed E-state index contributed by atoms with van der Waals surface area (Å²) in [6.45, 7) is 4.96. The van der Waals surface area contributed by atoms with Crippen LogP contribution in [-0.4, -0.2) is 17.8 Å². The number of hydrogen-bond acceptors (Lipinski definition) is 3. The van der Waals surface area contributed by atoms with Crippen LogP contribution < -0.4 is 5.32 Å². The van der Waals surface area contributed by atoms with Crippen molar-refractivity contribution in [3.8, 4) is 0 Å². The van der Waals surface area contributed by atoms with Crippen molar-refractivity contribution in [1.29, 1.82) is 0 Å². The lowest BCUT2D eigenvalue weighted by atomic mass is 9.99. The molecule has 0 fully saturated rings. The van der Waals surface area contributed by atoms with Crippen LogP contribution in [0.15, 0.2) is 6.07 Å². The molecule has 1 aliphatic carbocycles. The van der Waals surface area contributed by atoms with Gasteiger partial charge < -0.3 is 10.4 Å². The van der Waals surface area contributed by atoms with E-state index >= 15 is 0 Å². The quantitative estimate of drug-likeness (QED) is 0.845. The fourth-order valence-corrected chi connectivity index (χ4v) is 3.62. The molecule has 96 valence electrons. The van der Waals surface area contributed by atoms with Crippen molar-refractivity contribution in [2.75, 3.05) is 6.54 Å². The molecule has 1 heterocycles. The van der Waals surface area contributed by atoms with Gasteiger partial charge in [0, 0.05) is 15.8 Å². The van der Waals surface area contributed by atoms with Crippen molar-refractivity contribution in [3.63, 3.8) is 0 Å². The third-order valence-corrected chi connectivity index (χ3v) is 4.87. The Balaban J connectivity index is 1.90. The molecule has 0 aromatic carbocycles. The lowest BCUT2D eigenvalue weighted by Gasteiger charge is -2.12. The zero-order chi connectivity index (χ0) is 12.3. The Kier molecular flexibility index (Phi) is 4.60. The Morgan fingerprint density at radius 1 is 1.35 bits per heavy atom. The number of aliphatic hydroxyl groups excluding tert-OH is 1. The summed E-state index contributed by atoms with van der Waals surface area (Å²) < 4.78 is 0. The van der Waals surface area contributed by atoms with Crippen LogP contribution in [0.2, 0.25) is 0 Å². The third kappa shape index (κ3) is 3.54. The highest BCUT2D eigenvalue weighted by Crippen LogP contribution is 2.32. The van der Waals surface area contributed by atoms with E-state index in [0.717, 1.165) is 13.0 Å². The second-order valence-electron chi connectivity index (χ2n) is 5.12. The standard InChI is InChI=1S/C14H23NOS/c1-10(16)7-8-15-11(2)14-9-12-5-3-4-6-13(12)17-14/h9-11,15-16H,3-8H2,1-2H3. The van der Waals surface area contributed by atoms with Gasteiger partial charge in [-0.15, -0.1) is 11.3 Å². The van der Waals surface area contributed by atoms with E-state index < -0.39 is 0 Å². The Hall–Kier alpha value is -0.380. The maximum absolute atomic E-state index is 9.23. The second-order valence-corrected chi connectivity index (χ2v) is 6.29. The van der Waals surface area contributed by atoms with Crippen molar-refractivity contribution in [1.82, 2.24) is 5.32 Å². The van der Waals surface area contributed by atoms with Crippen LogP contribution in [0.25, 0.3) is 0 Å². The Bertz CT molecular complexity index is 336. The summed E-state index contributed by atoms with van der Waals surface area (Å²) in [6.07, 6.45) is 5.89.